The number of rotatable bonds is 4. The molecule has 8 heteroatoms. The monoisotopic (exact) mass is 382 g/mol. The molecule has 0 N–H and O–H groups in total. The van der Waals surface area contributed by atoms with E-state index in [0.29, 0.717) is 11.4 Å². The molecule has 1 aromatic rings. The number of benzene rings is 1. The molecular weight excluding hydrogens is 364 g/mol. The van der Waals surface area contributed by atoms with Crippen molar-refractivity contribution in [1.82, 2.24) is 0 Å². The third-order valence-corrected chi connectivity index (χ3v) is 4.33. The van der Waals surface area contributed by atoms with Gasteiger partial charge in [0.25, 0.3) is 0 Å². The Hall–Kier alpha value is -3.68. The summed E-state index contributed by atoms with van der Waals surface area (Å²) in [6.45, 7) is 0. The normalized spacial score (nSPS) is 16.5. The number of hydrogen-bond acceptors (Lipinski definition) is 7. The van der Waals surface area contributed by atoms with Crippen LogP contribution in [0, 0.1) is 0 Å². The zero-order valence-electron chi connectivity index (χ0n) is 15.4. The molecule has 2 heterocycles. The van der Waals surface area contributed by atoms with Crippen molar-refractivity contribution < 1.29 is 28.7 Å². The van der Waals surface area contributed by atoms with Crippen molar-refractivity contribution in [3.05, 3.63) is 60.0 Å². The number of esters is 2. The van der Waals surface area contributed by atoms with Gasteiger partial charge < -0.3 is 14.4 Å². The molecule has 28 heavy (non-hydrogen) atoms. The molecule has 0 atom stereocenters. The first-order valence-corrected chi connectivity index (χ1v) is 8.48. The van der Waals surface area contributed by atoms with Gasteiger partial charge in [0, 0.05) is 24.7 Å². The van der Waals surface area contributed by atoms with Crippen LogP contribution in [0.3, 0.4) is 0 Å². The highest BCUT2D eigenvalue weighted by Gasteiger charge is 2.31. The summed E-state index contributed by atoms with van der Waals surface area (Å²) >= 11 is 0. The topological polar surface area (TPSA) is 93.2 Å². The van der Waals surface area contributed by atoms with Gasteiger partial charge in [-0.25, -0.2) is 9.59 Å². The molecule has 0 aliphatic carbocycles. The van der Waals surface area contributed by atoms with Crippen LogP contribution in [0.1, 0.15) is 12.8 Å². The lowest BCUT2D eigenvalue weighted by Crippen LogP contribution is -2.29. The number of imide groups is 1. The van der Waals surface area contributed by atoms with Crippen molar-refractivity contribution in [3.8, 4) is 0 Å². The van der Waals surface area contributed by atoms with E-state index in [0.717, 1.165) is 4.90 Å². The molecule has 1 saturated heterocycles. The number of nitrogens with zero attached hydrogens (tertiary/aromatic N) is 2. The van der Waals surface area contributed by atoms with Gasteiger partial charge in [0.15, 0.2) is 0 Å². The van der Waals surface area contributed by atoms with E-state index in [4.69, 9.17) is 9.47 Å². The number of amides is 2. The smallest absolute Gasteiger partial charge is 0.355 e. The quantitative estimate of drug-likeness (QED) is 0.579. The molecule has 0 unspecified atom stereocenters. The summed E-state index contributed by atoms with van der Waals surface area (Å²) in [5.74, 6) is -1.90. The molecule has 0 saturated carbocycles. The van der Waals surface area contributed by atoms with Gasteiger partial charge >= 0.3 is 11.9 Å². The lowest BCUT2D eigenvalue weighted by Gasteiger charge is -2.23. The minimum absolute atomic E-state index is 0.0135. The van der Waals surface area contributed by atoms with Crippen molar-refractivity contribution in [3.63, 3.8) is 0 Å². The molecule has 1 fully saturated rings. The first kappa shape index (κ1) is 19.1. The molecule has 0 radical (unpaired) electrons. The van der Waals surface area contributed by atoms with Gasteiger partial charge in [-0.1, -0.05) is 6.08 Å². The predicted octanol–water partition coefficient (Wildman–Crippen LogP) is 1.83. The Morgan fingerprint density at radius 2 is 1.43 bits per heavy atom. The van der Waals surface area contributed by atoms with E-state index in [9.17, 15) is 19.2 Å². The third kappa shape index (κ3) is 3.44. The highest BCUT2D eigenvalue weighted by atomic mass is 16.5. The number of methoxy groups -OCH3 is 2. The maximum Gasteiger partial charge on any atom is 0.355 e. The van der Waals surface area contributed by atoms with Crippen LogP contribution < -0.4 is 9.80 Å². The van der Waals surface area contributed by atoms with Crippen LogP contribution >= 0.6 is 0 Å². The van der Waals surface area contributed by atoms with E-state index >= 15 is 0 Å². The fourth-order valence-electron chi connectivity index (χ4n) is 2.99. The molecule has 0 bridgehead atoms. The van der Waals surface area contributed by atoms with Crippen LogP contribution in [0.15, 0.2) is 60.0 Å². The van der Waals surface area contributed by atoms with Crippen LogP contribution in [0.4, 0.5) is 11.4 Å². The zero-order valence-corrected chi connectivity index (χ0v) is 15.4. The molecule has 3 rings (SSSR count). The van der Waals surface area contributed by atoms with Gasteiger partial charge in [-0.05, 0) is 36.4 Å². The summed E-state index contributed by atoms with van der Waals surface area (Å²) in [6.07, 6.45) is 6.70. The van der Waals surface area contributed by atoms with Crippen molar-refractivity contribution in [2.24, 2.45) is 0 Å². The summed E-state index contributed by atoms with van der Waals surface area (Å²) in [7, 11) is 2.44. The number of carbonyl (C=O) groups excluding carboxylic acids is 4. The second kappa shape index (κ2) is 7.91. The number of anilines is 2. The summed E-state index contributed by atoms with van der Waals surface area (Å²) in [6, 6.07) is 6.49. The average molecular weight is 382 g/mol. The first-order chi connectivity index (χ1) is 13.5. The lowest BCUT2D eigenvalue weighted by atomic mass is 10.1. The lowest BCUT2D eigenvalue weighted by molar-refractivity contribution is -0.139. The van der Waals surface area contributed by atoms with Crippen LogP contribution in [-0.4, -0.2) is 38.0 Å². The van der Waals surface area contributed by atoms with E-state index in [1.165, 1.54) is 25.2 Å². The Morgan fingerprint density at radius 3 is 2.00 bits per heavy atom. The van der Waals surface area contributed by atoms with Crippen LogP contribution in [0.25, 0.3) is 0 Å². The summed E-state index contributed by atoms with van der Waals surface area (Å²) in [5, 5.41) is 0. The minimum atomic E-state index is -0.717. The van der Waals surface area contributed by atoms with Crippen LogP contribution in [-0.2, 0) is 28.7 Å². The molecule has 0 aromatic heterocycles. The molecule has 2 aliphatic rings. The molecule has 2 aliphatic heterocycles. The Kier molecular flexibility index (Phi) is 5.39. The fourth-order valence-corrected chi connectivity index (χ4v) is 2.99. The maximum absolute atomic E-state index is 12.4. The molecule has 0 spiro atoms. The summed E-state index contributed by atoms with van der Waals surface area (Å²) < 4.78 is 9.62. The fraction of sp³-hybridized carbons (Fsp3) is 0.200. The molecular formula is C20H18N2O6. The Balaban J connectivity index is 2.03. The molecule has 2 amide bonds. The molecule has 8 nitrogen and oxygen atoms in total. The van der Waals surface area contributed by atoms with Crippen LogP contribution in [0.2, 0.25) is 0 Å². The van der Waals surface area contributed by atoms with E-state index in [1.807, 2.05) is 0 Å². The van der Waals surface area contributed by atoms with Crippen molar-refractivity contribution in [1.29, 1.82) is 0 Å². The second-order valence-corrected chi connectivity index (χ2v) is 5.96. The third-order valence-electron chi connectivity index (χ3n) is 4.33. The zero-order chi connectivity index (χ0) is 20.3. The average Bonchev–Trinajstić information content (AvgIpc) is 2.92. The number of allylic oxidation sites excluding steroid dienone is 2. The Bertz CT molecular complexity index is 911. The SMILES string of the molecule is COC(=O)C1=C(C(=O)OC)N(c2ccc(N3C(=O)CCC3=O)cc2)C=CC=C1. The van der Waals surface area contributed by atoms with E-state index in [-0.39, 0.29) is 35.9 Å². The van der Waals surface area contributed by atoms with Crippen molar-refractivity contribution in [2.45, 2.75) is 12.8 Å². The highest BCUT2D eigenvalue weighted by molar-refractivity contribution is 6.19. The van der Waals surface area contributed by atoms with Crippen molar-refractivity contribution in [2.75, 3.05) is 24.0 Å². The maximum atomic E-state index is 12.4. The van der Waals surface area contributed by atoms with Gasteiger partial charge in [0.2, 0.25) is 11.8 Å². The second-order valence-electron chi connectivity index (χ2n) is 5.96. The molecule has 144 valence electrons. The van der Waals surface area contributed by atoms with Gasteiger partial charge in [-0.2, -0.15) is 0 Å². The predicted molar refractivity (Wildman–Crippen MR) is 100.0 cm³/mol. The van der Waals surface area contributed by atoms with Crippen LogP contribution in [0.5, 0.6) is 0 Å². The number of ether oxygens (including phenoxy) is 2. The van der Waals surface area contributed by atoms with E-state index < -0.39 is 11.9 Å². The number of carbonyl (C=O) groups is 4. The minimum Gasteiger partial charge on any atom is -0.465 e. The van der Waals surface area contributed by atoms with E-state index in [2.05, 4.69) is 0 Å². The standard InChI is InChI=1S/C20H18N2O6/c1-27-19(25)15-5-3-4-12-21(18(15)20(26)28-2)13-6-8-14(9-7-13)22-16(23)10-11-17(22)24/h3-9,12H,10-11H2,1-2H3. The van der Waals surface area contributed by atoms with Gasteiger partial charge in [0.05, 0.1) is 25.5 Å². The van der Waals surface area contributed by atoms with Gasteiger partial charge in [0.1, 0.15) is 5.70 Å². The summed E-state index contributed by atoms with van der Waals surface area (Å²) in [5.41, 5.74) is 1.00. The largest absolute Gasteiger partial charge is 0.465 e. The Morgan fingerprint density at radius 1 is 0.857 bits per heavy atom. The Labute approximate surface area is 161 Å². The van der Waals surface area contributed by atoms with Gasteiger partial charge in [-0.3, -0.25) is 14.5 Å². The molecule has 1 aromatic carbocycles. The summed E-state index contributed by atoms with van der Waals surface area (Å²) in [4.78, 5) is 51.0. The van der Waals surface area contributed by atoms with Gasteiger partial charge in [-0.15, -0.1) is 0 Å². The van der Waals surface area contributed by atoms with E-state index in [1.54, 1.807) is 42.6 Å². The number of hydrogen-bond donors (Lipinski definition) is 0. The van der Waals surface area contributed by atoms with Crippen molar-refractivity contribution >= 4 is 35.1 Å². The highest BCUT2D eigenvalue weighted by Crippen LogP contribution is 2.29. The first-order valence-electron chi connectivity index (χ1n) is 8.48.